The van der Waals surface area contributed by atoms with Gasteiger partial charge in [0.2, 0.25) is 0 Å². The van der Waals surface area contributed by atoms with Gasteiger partial charge >= 0.3 is 0 Å². The molecule has 0 aliphatic rings. The molecule has 148 valence electrons. The first-order valence-electron chi connectivity index (χ1n) is 8.68. The van der Waals surface area contributed by atoms with E-state index in [1.165, 1.54) is 12.4 Å². The Morgan fingerprint density at radius 3 is 2.76 bits per heavy atom. The summed E-state index contributed by atoms with van der Waals surface area (Å²) in [5.41, 5.74) is 2.77. The molecule has 0 fully saturated rings. The fourth-order valence-electron chi connectivity index (χ4n) is 3.11. The average molecular weight is 429 g/mol. The van der Waals surface area contributed by atoms with Gasteiger partial charge in [0, 0.05) is 47.7 Å². The van der Waals surface area contributed by atoms with Crippen molar-refractivity contribution in [1.29, 1.82) is 0 Å². The lowest BCUT2D eigenvalue weighted by atomic mass is 10.1. The van der Waals surface area contributed by atoms with E-state index in [-0.39, 0.29) is 16.5 Å². The molecule has 0 unspecified atom stereocenters. The van der Waals surface area contributed by atoms with Gasteiger partial charge < -0.3 is 9.30 Å². The SMILES string of the molecule is Cc1cc(-n2ccnc2)c2cccc(OCc3c(Cl)cncc3S(C)(=O)=O)c2n1. The number of rotatable bonds is 5. The second-order valence-corrected chi connectivity index (χ2v) is 8.96. The Morgan fingerprint density at radius 1 is 1.21 bits per heavy atom. The smallest absolute Gasteiger partial charge is 0.177 e. The number of aromatic nitrogens is 4. The summed E-state index contributed by atoms with van der Waals surface area (Å²) in [6, 6.07) is 7.57. The van der Waals surface area contributed by atoms with Crippen molar-refractivity contribution < 1.29 is 13.2 Å². The maximum atomic E-state index is 12.1. The molecule has 3 heterocycles. The molecule has 4 aromatic rings. The van der Waals surface area contributed by atoms with Gasteiger partial charge in [-0.1, -0.05) is 23.7 Å². The van der Waals surface area contributed by atoms with E-state index in [0.29, 0.717) is 16.8 Å². The van der Waals surface area contributed by atoms with Gasteiger partial charge in [0.05, 0.1) is 21.9 Å². The second kappa shape index (κ2) is 7.46. The molecule has 0 saturated heterocycles. The Balaban J connectivity index is 1.78. The Bertz CT molecular complexity index is 1310. The lowest BCUT2D eigenvalue weighted by molar-refractivity contribution is 0.306. The summed E-state index contributed by atoms with van der Waals surface area (Å²) in [5, 5.41) is 1.12. The summed E-state index contributed by atoms with van der Waals surface area (Å²) in [7, 11) is -3.50. The standard InChI is InChI=1S/C20H17ClN4O3S/c1-13-8-17(25-7-6-22-12-25)14-4-3-5-18(20(14)24-13)28-11-15-16(21)9-23-10-19(15)29(2,26)27/h3-10,12H,11H2,1-2H3. The van der Waals surface area contributed by atoms with Crippen molar-refractivity contribution in [2.75, 3.05) is 6.26 Å². The highest BCUT2D eigenvalue weighted by atomic mass is 35.5. The van der Waals surface area contributed by atoms with E-state index in [4.69, 9.17) is 16.3 Å². The minimum Gasteiger partial charge on any atom is -0.487 e. The van der Waals surface area contributed by atoms with E-state index in [1.54, 1.807) is 18.6 Å². The van der Waals surface area contributed by atoms with Crippen LogP contribution in [0.3, 0.4) is 0 Å². The molecule has 0 spiro atoms. The van der Waals surface area contributed by atoms with Crippen molar-refractivity contribution in [3.8, 4) is 11.4 Å². The number of ether oxygens (including phenoxy) is 1. The Morgan fingerprint density at radius 2 is 2.03 bits per heavy atom. The number of hydrogen-bond donors (Lipinski definition) is 0. The molecule has 7 nitrogen and oxygen atoms in total. The van der Waals surface area contributed by atoms with E-state index in [0.717, 1.165) is 23.0 Å². The highest BCUT2D eigenvalue weighted by Crippen LogP contribution is 2.31. The van der Waals surface area contributed by atoms with Crippen molar-refractivity contribution in [1.82, 2.24) is 19.5 Å². The summed E-state index contributed by atoms with van der Waals surface area (Å²) in [6.07, 6.45) is 9.08. The van der Waals surface area contributed by atoms with Gasteiger partial charge in [0.15, 0.2) is 9.84 Å². The molecule has 0 atom stereocenters. The molecule has 3 aromatic heterocycles. The van der Waals surface area contributed by atoms with Crippen LogP contribution < -0.4 is 4.74 Å². The maximum absolute atomic E-state index is 12.1. The van der Waals surface area contributed by atoms with Gasteiger partial charge in [-0.15, -0.1) is 0 Å². The predicted molar refractivity (Wildman–Crippen MR) is 110 cm³/mol. The van der Waals surface area contributed by atoms with E-state index in [1.807, 2.05) is 35.9 Å². The van der Waals surface area contributed by atoms with Crippen LogP contribution in [-0.4, -0.2) is 34.2 Å². The highest BCUT2D eigenvalue weighted by Gasteiger charge is 2.18. The molecule has 1 aromatic carbocycles. The third-order valence-corrected chi connectivity index (χ3v) is 5.90. The van der Waals surface area contributed by atoms with Gasteiger partial charge in [-0.25, -0.2) is 18.4 Å². The molecule has 0 aliphatic heterocycles. The first-order valence-corrected chi connectivity index (χ1v) is 11.0. The Hall–Kier alpha value is -2.97. The zero-order valence-electron chi connectivity index (χ0n) is 15.7. The van der Waals surface area contributed by atoms with E-state index >= 15 is 0 Å². The minimum absolute atomic E-state index is 0.0289. The molecule has 29 heavy (non-hydrogen) atoms. The quantitative estimate of drug-likeness (QED) is 0.481. The van der Waals surface area contributed by atoms with Crippen LogP contribution in [-0.2, 0) is 16.4 Å². The number of para-hydroxylation sites is 1. The van der Waals surface area contributed by atoms with Crippen LogP contribution >= 0.6 is 11.6 Å². The Labute approximate surface area is 172 Å². The van der Waals surface area contributed by atoms with Crippen molar-refractivity contribution in [3.05, 3.63) is 71.7 Å². The number of benzene rings is 1. The van der Waals surface area contributed by atoms with Crippen LogP contribution in [0.2, 0.25) is 5.02 Å². The molecular weight excluding hydrogens is 412 g/mol. The molecule has 4 rings (SSSR count). The summed E-state index contributed by atoms with van der Waals surface area (Å²) in [6.45, 7) is 1.87. The number of sulfone groups is 1. The maximum Gasteiger partial charge on any atom is 0.177 e. The second-order valence-electron chi connectivity index (χ2n) is 6.56. The summed E-state index contributed by atoms with van der Waals surface area (Å²) >= 11 is 6.21. The number of hydrogen-bond acceptors (Lipinski definition) is 6. The third-order valence-electron chi connectivity index (χ3n) is 4.43. The molecule has 0 aliphatic carbocycles. The van der Waals surface area contributed by atoms with Crippen molar-refractivity contribution >= 4 is 32.3 Å². The van der Waals surface area contributed by atoms with Gasteiger partial charge in [0.25, 0.3) is 0 Å². The molecular formula is C20H17ClN4O3S. The normalized spacial score (nSPS) is 11.7. The van der Waals surface area contributed by atoms with Crippen LogP contribution in [0.4, 0.5) is 0 Å². The summed E-state index contributed by atoms with van der Waals surface area (Å²) in [5.74, 6) is 0.528. The topological polar surface area (TPSA) is 87.0 Å². The van der Waals surface area contributed by atoms with E-state index in [9.17, 15) is 8.42 Å². The number of halogens is 1. The zero-order valence-corrected chi connectivity index (χ0v) is 17.3. The van der Waals surface area contributed by atoms with Gasteiger partial charge in [-0.05, 0) is 19.1 Å². The molecule has 0 bridgehead atoms. The molecule has 9 heteroatoms. The fraction of sp³-hybridized carbons (Fsp3) is 0.150. The van der Waals surface area contributed by atoms with Crippen LogP contribution in [0.1, 0.15) is 11.3 Å². The van der Waals surface area contributed by atoms with Gasteiger partial charge in [-0.3, -0.25) is 4.98 Å². The van der Waals surface area contributed by atoms with E-state index in [2.05, 4.69) is 15.0 Å². The minimum atomic E-state index is -3.50. The van der Waals surface area contributed by atoms with Crippen LogP contribution in [0.15, 0.2) is 60.3 Å². The van der Waals surface area contributed by atoms with Crippen molar-refractivity contribution in [3.63, 3.8) is 0 Å². The third kappa shape index (κ3) is 3.81. The number of fused-ring (bicyclic) bond motifs is 1. The van der Waals surface area contributed by atoms with Crippen molar-refractivity contribution in [2.24, 2.45) is 0 Å². The fourth-order valence-corrected chi connectivity index (χ4v) is 4.25. The number of imidazole rings is 1. The lowest BCUT2D eigenvalue weighted by Gasteiger charge is -2.14. The number of nitrogens with zero attached hydrogens (tertiary/aromatic N) is 4. The Kier molecular flexibility index (Phi) is 4.97. The first-order chi connectivity index (χ1) is 13.8. The highest BCUT2D eigenvalue weighted by molar-refractivity contribution is 7.90. The summed E-state index contributed by atoms with van der Waals surface area (Å²) in [4.78, 5) is 12.7. The number of aryl methyl sites for hydroxylation is 1. The van der Waals surface area contributed by atoms with Crippen LogP contribution in [0.25, 0.3) is 16.6 Å². The largest absolute Gasteiger partial charge is 0.487 e. The molecule has 0 N–H and O–H groups in total. The molecule has 0 amide bonds. The van der Waals surface area contributed by atoms with Crippen LogP contribution in [0.5, 0.6) is 5.75 Å². The average Bonchev–Trinajstić information content (AvgIpc) is 3.20. The lowest BCUT2D eigenvalue weighted by Crippen LogP contribution is -2.07. The first kappa shape index (κ1) is 19.4. The molecule has 0 saturated carbocycles. The monoisotopic (exact) mass is 428 g/mol. The van der Waals surface area contributed by atoms with Crippen molar-refractivity contribution in [2.45, 2.75) is 18.4 Å². The summed E-state index contributed by atoms with van der Waals surface area (Å²) < 4.78 is 32.0. The van der Waals surface area contributed by atoms with Gasteiger partial charge in [0.1, 0.15) is 17.9 Å². The number of pyridine rings is 2. The van der Waals surface area contributed by atoms with Gasteiger partial charge in [-0.2, -0.15) is 0 Å². The van der Waals surface area contributed by atoms with E-state index < -0.39 is 9.84 Å². The molecule has 0 radical (unpaired) electrons. The van der Waals surface area contributed by atoms with Crippen LogP contribution in [0, 0.1) is 6.92 Å². The zero-order chi connectivity index (χ0) is 20.6. The predicted octanol–water partition coefficient (Wildman–Crippen LogP) is 3.76.